The number of benzene rings is 1. The maximum absolute atomic E-state index is 11.4. The first-order valence-corrected chi connectivity index (χ1v) is 4.55. The number of phenolic OH excluding ortho intramolecular Hbond substituents is 2. The Labute approximate surface area is 103 Å². The van der Waals surface area contributed by atoms with Crippen LogP contribution in [0, 0.1) is 0 Å². The Morgan fingerprint density at radius 2 is 2.12 bits per heavy atom. The number of ether oxygens (including phenoxy) is 1. The van der Waals surface area contributed by atoms with Crippen molar-refractivity contribution < 1.29 is 19.7 Å². The standard InChI is InChI=1S/C10H11NO4.BrH/c1-11-4-7-5-2-3-6(12)9(13)8(5)10(14)15-7;/h2-3,7,11-13H,4H2,1H3;1H. The molecule has 1 unspecified atom stereocenters. The number of carbonyl (C=O) groups is 1. The molecular formula is C10H12BrNO4. The predicted molar refractivity (Wildman–Crippen MR) is 62.2 cm³/mol. The van der Waals surface area contributed by atoms with Crippen LogP contribution >= 0.6 is 17.0 Å². The third kappa shape index (κ3) is 1.85. The summed E-state index contributed by atoms with van der Waals surface area (Å²) in [7, 11) is 1.74. The van der Waals surface area contributed by atoms with Gasteiger partial charge in [-0.3, -0.25) is 0 Å². The molecular weight excluding hydrogens is 278 g/mol. The summed E-state index contributed by atoms with van der Waals surface area (Å²) in [6.45, 7) is 0.475. The van der Waals surface area contributed by atoms with Gasteiger partial charge in [0.25, 0.3) is 0 Å². The lowest BCUT2D eigenvalue weighted by atomic mass is 10.0. The molecule has 16 heavy (non-hydrogen) atoms. The van der Waals surface area contributed by atoms with Gasteiger partial charge < -0.3 is 20.3 Å². The van der Waals surface area contributed by atoms with Crippen LogP contribution in [0.5, 0.6) is 11.5 Å². The molecule has 1 heterocycles. The summed E-state index contributed by atoms with van der Waals surface area (Å²) in [5.41, 5.74) is 0.667. The van der Waals surface area contributed by atoms with Crippen molar-refractivity contribution in [3.05, 3.63) is 23.3 Å². The normalized spacial score (nSPS) is 17.6. The number of nitrogens with one attached hydrogen (secondary N) is 1. The van der Waals surface area contributed by atoms with Crippen molar-refractivity contribution in [2.75, 3.05) is 13.6 Å². The van der Waals surface area contributed by atoms with Crippen molar-refractivity contribution >= 4 is 23.0 Å². The van der Waals surface area contributed by atoms with Crippen molar-refractivity contribution in [3.8, 4) is 11.5 Å². The van der Waals surface area contributed by atoms with Gasteiger partial charge >= 0.3 is 5.97 Å². The second-order valence-electron chi connectivity index (χ2n) is 3.35. The van der Waals surface area contributed by atoms with E-state index in [0.29, 0.717) is 12.1 Å². The first-order chi connectivity index (χ1) is 7.15. The molecule has 0 aromatic heterocycles. The summed E-state index contributed by atoms with van der Waals surface area (Å²) in [5, 5.41) is 21.6. The minimum Gasteiger partial charge on any atom is -0.504 e. The summed E-state index contributed by atoms with van der Waals surface area (Å²) >= 11 is 0. The van der Waals surface area contributed by atoms with Crippen LogP contribution in [0.3, 0.4) is 0 Å². The number of phenols is 2. The number of likely N-dealkylation sites (N-methyl/N-ethyl adjacent to an activating group) is 1. The highest BCUT2D eigenvalue weighted by molar-refractivity contribution is 8.93. The summed E-state index contributed by atoms with van der Waals surface area (Å²) < 4.78 is 5.04. The highest BCUT2D eigenvalue weighted by atomic mass is 79.9. The molecule has 1 aromatic carbocycles. The van der Waals surface area contributed by atoms with E-state index in [1.807, 2.05) is 0 Å². The quantitative estimate of drug-likeness (QED) is 0.561. The van der Waals surface area contributed by atoms with Gasteiger partial charge in [0.15, 0.2) is 11.5 Å². The second kappa shape index (κ2) is 4.71. The molecule has 1 aliphatic heterocycles. The number of fused-ring (bicyclic) bond motifs is 1. The predicted octanol–water partition coefficient (Wildman–Crippen LogP) is 1.11. The number of cyclic esters (lactones) is 1. The minimum atomic E-state index is -0.598. The van der Waals surface area contributed by atoms with Crippen LogP contribution in [0.4, 0.5) is 0 Å². The van der Waals surface area contributed by atoms with Crippen LogP contribution in [0.2, 0.25) is 0 Å². The molecule has 1 atom stereocenters. The average molecular weight is 290 g/mol. The monoisotopic (exact) mass is 289 g/mol. The number of hydrogen-bond donors (Lipinski definition) is 3. The zero-order valence-corrected chi connectivity index (χ0v) is 10.3. The molecule has 0 spiro atoms. The summed E-state index contributed by atoms with van der Waals surface area (Å²) in [5.74, 6) is -1.31. The van der Waals surface area contributed by atoms with E-state index in [1.54, 1.807) is 13.1 Å². The van der Waals surface area contributed by atoms with E-state index in [0.717, 1.165) is 0 Å². The Hall–Kier alpha value is -1.27. The lowest BCUT2D eigenvalue weighted by Gasteiger charge is -2.09. The molecule has 0 bridgehead atoms. The lowest BCUT2D eigenvalue weighted by molar-refractivity contribution is 0.0388. The molecule has 6 heteroatoms. The molecule has 0 aliphatic carbocycles. The largest absolute Gasteiger partial charge is 0.504 e. The summed E-state index contributed by atoms with van der Waals surface area (Å²) in [6.07, 6.45) is -0.399. The number of halogens is 1. The van der Waals surface area contributed by atoms with E-state index in [-0.39, 0.29) is 28.3 Å². The van der Waals surface area contributed by atoms with Crippen molar-refractivity contribution in [1.29, 1.82) is 0 Å². The van der Waals surface area contributed by atoms with Gasteiger partial charge in [-0.15, -0.1) is 17.0 Å². The zero-order valence-electron chi connectivity index (χ0n) is 8.56. The van der Waals surface area contributed by atoms with Crippen LogP contribution < -0.4 is 5.32 Å². The van der Waals surface area contributed by atoms with E-state index in [9.17, 15) is 15.0 Å². The summed E-state index contributed by atoms with van der Waals surface area (Å²) in [6, 6.07) is 2.93. The number of hydrogen-bond acceptors (Lipinski definition) is 5. The van der Waals surface area contributed by atoms with Crippen LogP contribution in [0.15, 0.2) is 12.1 Å². The molecule has 0 radical (unpaired) electrons. The van der Waals surface area contributed by atoms with E-state index >= 15 is 0 Å². The Morgan fingerprint density at radius 3 is 2.75 bits per heavy atom. The van der Waals surface area contributed by atoms with Gasteiger partial charge in [-0.2, -0.15) is 0 Å². The molecule has 0 fully saturated rings. The first-order valence-electron chi connectivity index (χ1n) is 4.55. The topological polar surface area (TPSA) is 78.8 Å². The fourth-order valence-corrected chi connectivity index (χ4v) is 1.67. The van der Waals surface area contributed by atoms with Crippen LogP contribution in [-0.4, -0.2) is 29.8 Å². The third-order valence-electron chi connectivity index (χ3n) is 2.38. The van der Waals surface area contributed by atoms with Crippen LogP contribution in [0.25, 0.3) is 0 Å². The molecule has 88 valence electrons. The molecule has 2 rings (SSSR count). The van der Waals surface area contributed by atoms with E-state index in [4.69, 9.17) is 4.74 Å². The van der Waals surface area contributed by atoms with Crippen LogP contribution in [-0.2, 0) is 4.74 Å². The van der Waals surface area contributed by atoms with Gasteiger partial charge in [-0.25, -0.2) is 4.79 Å². The highest BCUT2D eigenvalue weighted by Crippen LogP contribution is 2.40. The zero-order chi connectivity index (χ0) is 11.0. The van der Waals surface area contributed by atoms with E-state index in [1.165, 1.54) is 6.07 Å². The fraction of sp³-hybridized carbons (Fsp3) is 0.300. The van der Waals surface area contributed by atoms with Crippen LogP contribution in [0.1, 0.15) is 22.0 Å². The van der Waals surface area contributed by atoms with E-state index in [2.05, 4.69) is 5.32 Å². The third-order valence-corrected chi connectivity index (χ3v) is 2.38. The lowest BCUT2D eigenvalue weighted by Crippen LogP contribution is -2.16. The van der Waals surface area contributed by atoms with Gasteiger partial charge in [0.1, 0.15) is 11.7 Å². The molecule has 1 aromatic rings. The van der Waals surface area contributed by atoms with Gasteiger partial charge in [0, 0.05) is 12.1 Å². The van der Waals surface area contributed by atoms with Gasteiger partial charge in [0.05, 0.1) is 0 Å². The Morgan fingerprint density at radius 1 is 1.44 bits per heavy atom. The van der Waals surface area contributed by atoms with Crippen molar-refractivity contribution in [3.63, 3.8) is 0 Å². The second-order valence-corrected chi connectivity index (χ2v) is 3.35. The van der Waals surface area contributed by atoms with Gasteiger partial charge in [-0.1, -0.05) is 6.07 Å². The first kappa shape index (κ1) is 12.8. The van der Waals surface area contributed by atoms with Crippen molar-refractivity contribution in [1.82, 2.24) is 5.32 Å². The SMILES string of the molecule is Br.CNCC1OC(=O)c2c1ccc(O)c2O. The number of rotatable bonds is 2. The van der Waals surface area contributed by atoms with E-state index < -0.39 is 17.8 Å². The Kier molecular flexibility index (Phi) is 3.77. The molecule has 5 nitrogen and oxygen atoms in total. The van der Waals surface area contributed by atoms with Crippen molar-refractivity contribution in [2.45, 2.75) is 6.10 Å². The fourth-order valence-electron chi connectivity index (χ4n) is 1.67. The smallest absolute Gasteiger partial charge is 0.343 e. The highest BCUT2D eigenvalue weighted by Gasteiger charge is 2.34. The van der Waals surface area contributed by atoms with Crippen molar-refractivity contribution in [2.24, 2.45) is 0 Å². The average Bonchev–Trinajstić information content (AvgIpc) is 2.51. The number of esters is 1. The molecule has 1 aliphatic rings. The molecule has 0 amide bonds. The molecule has 3 N–H and O–H groups in total. The molecule has 0 saturated heterocycles. The Bertz CT molecular complexity index is 422. The Balaban J connectivity index is 0.00000128. The maximum atomic E-state index is 11.4. The summed E-state index contributed by atoms with van der Waals surface area (Å²) in [4.78, 5) is 11.4. The number of carbonyl (C=O) groups excluding carboxylic acids is 1. The maximum Gasteiger partial charge on any atom is 0.343 e. The van der Waals surface area contributed by atoms with Gasteiger partial charge in [0.2, 0.25) is 0 Å². The number of aromatic hydroxyl groups is 2. The minimum absolute atomic E-state index is 0. The molecule has 0 saturated carbocycles. The van der Waals surface area contributed by atoms with Gasteiger partial charge in [-0.05, 0) is 13.1 Å².